The summed E-state index contributed by atoms with van der Waals surface area (Å²) >= 11 is 0. The van der Waals surface area contributed by atoms with Crippen molar-refractivity contribution in [3.05, 3.63) is 29.6 Å². The van der Waals surface area contributed by atoms with Crippen molar-refractivity contribution in [3.63, 3.8) is 0 Å². The fourth-order valence-electron chi connectivity index (χ4n) is 4.21. The Hall–Kier alpha value is -2.22. The second-order valence-electron chi connectivity index (χ2n) is 7.69. The molecule has 0 bridgehead atoms. The molecule has 0 N–H and O–H groups in total. The van der Waals surface area contributed by atoms with Crippen LogP contribution in [0.4, 0.5) is 0 Å². The second-order valence-corrected chi connectivity index (χ2v) is 7.69. The van der Waals surface area contributed by atoms with Gasteiger partial charge in [0, 0.05) is 38.8 Å². The summed E-state index contributed by atoms with van der Waals surface area (Å²) in [6.45, 7) is 7.46. The maximum Gasteiger partial charge on any atom is 0.257 e. The van der Waals surface area contributed by atoms with Crippen molar-refractivity contribution in [1.82, 2.24) is 34.3 Å². The third-order valence-corrected chi connectivity index (χ3v) is 5.84. The average Bonchev–Trinajstić information content (AvgIpc) is 3.44. The van der Waals surface area contributed by atoms with Gasteiger partial charge in [-0.2, -0.15) is 5.10 Å². The van der Waals surface area contributed by atoms with Gasteiger partial charge in [-0.05, 0) is 45.7 Å². The summed E-state index contributed by atoms with van der Waals surface area (Å²) in [6, 6.07) is 0. The van der Waals surface area contributed by atoms with Crippen LogP contribution in [0.5, 0.6) is 0 Å². The lowest BCUT2D eigenvalue weighted by molar-refractivity contribution is 0.0703. The summed E-state index contributed by atoms with van der Waals surface area (Å²) in [5, 5.41) is 13.2. The smallest absolute Gasteiger partial charge is 0.257 e. The molecule has 1 unspecified atom stereocenters. The van der Waals surface area contributed by atoms with E-state index in [0.717, 1.165) is 57.2 Å². The average molecular weight is 371 g/mol. The number of aromatic nitrogens is 5. The molecule has 0 saturated carbocycles. The van der Waals surface area contributed by atoms with E-state index in [1.807, 2.05) is 18.0 Å². The molecule has 2 aliphatic rings. The van der Waals surface area contributed by atoms with Crippen LogP contribution in [0.3, 0.4) is 0 Å². The largest absolute Gasteiger partial charge is 0.338 e. The summed E-state index contributed by atoms with van der Waals surface area (Å²) in [5.41, 5.74) is 0.671. The molecule has 2 saturated heterocycles. The lowest BCUT2D eigenvalue weighted by Gasteiger charge is -2.32. The zero-order chi connectivity index (χ0) is 18.8. The standard InChI is InChI=1S/C19H29N7O/c1-3-26-13-16(11-20-26)19(27)25-10-6-7-15(12-25)18-22-21-17(23(18)2)14-24-8-4-5-9-24/h11,13,15H,3-10,12,14H2,1-2H3. The molecule has 4 heterocycles. The summed E-state index contributed by atoms with van der Waals surface area (Å²) < 4.78 is 3.94. The fourth-order valence-corrected chi connectivity index (χ4v) is 4.21. The summed E-state index contributed by atoms with van der Waals surface area (Å²) in [5.74, 6) is 2.35. The highest BCUT2D eigenvalue weighted by atomic mass is 16.2. The van der Waals surface area contributed by atoms with Crippen LogP contribution in [-0.4, -0.2) is 66.4 Å². The van der Waals surface area contributed by atoms with Crippen LogP contribution in [0.2, 0.25) is 0 Å². The number of carbonyl (C=O) groups excluding carboxylic acids is 1. The maximum atomic E-state index is 12.8. The number of piperidine rings is 1. The summed E-state index contributed by atoms with van der Waals surface area (Å²) in [7, 11) is 2.06. The summed E-state index contributed by atoms with van der Waals surface area (Å²) in [6.07, 6.45) is 8.10. The predicted octanol–water partition coefficient (Wildman–Crippen LogP) is 1.65. The van der Waals surface area contributed by atoms with Crippen molar-refractivity contribution in [1.29, 1.82) is 0 Å². The molecule has 2 fully saturated rings. The molecule has 2 aromatic heterocycles. The lowest BCUT2D eigenvalue weighted by atomic mass is 9.96. The number of nitrogens with zero attached hydrogens (tertiary/aromatic N) is 7. The Morgan fingerprint density at radius 2 is 2.00 bits per heavy atom. The molecule has 2 aromatic rings. The first kappa shape index (κ1) is 18.2. The van der Waals surface area contributed by atoms with E-state index in [4.69, 9.17) is 0 Å². The highest BCUT2D eigenvalue weighted by Crippen LogP contribution is 2.27. The molecule has 0 aliphatic carbocycles. The first-order chi connectivity index (χ1) is 13.2. The molecule has 1 amide bonds. The third kappa shape index (κ3) is 3.76. The van der Waals surface area contributed by atoms with E-state index in [2.05, 4.69) is 31.8 Å². The van der Waals surface area contributed by atoms with E-state index < -0.39 is 0 Å². The van der Waals surface area contributed by atoms with E-state index in [9.17, 15) is 4.79 Å². The molecule has 1 atom stereocenters. The van der Waals surface area contributed by atoms with Gasteiger partial charge in [0.1, 0.15) is 11.6 Å². The Kier molecular flexibility index (Phi) is 5.24. The van der Waals surface area contributed by atoms with E-state index in [1.54, 1.807) is 10.9 Å². The van der Waals surface area contributed by atoms with Gasteiger partial charge in [0.05, 0.1) is 18.3 Å². The third-order valence-electron chi connectivity index (χ3n) is 5.84. The van der Waals surface area contributed by atoms with Gasteiger partial charge in [-0.15, -0.1) is 10.2 Å². The quantitative estimate of drug-likeness (QED) is 0.799. The number of rotatable bonds is 5. The van der Waals surface area contributed by atoms with Crippen LogP contribution in [0.1, 0.15) is 60.5 Å². The number of carbonyl (C=O) groups is 1. The number of hydrogen-bond donors (Lipinski definition) is 0. The number of amides is 1. The predicted molar refractivity (Wildman–Crippen MR) is 101 cm³/mol. The van der Waals surface area contributed by atoms with Crippen molar-refractivity contribution in [2.75, 3.05) is 26.2 Å². The summed E-state index contributed by atoms with van der Waals surface area (Å²) in [4.78, 5) is 17.2. The SMILES string of the molecule is CCn1cc(C(=O)N2CCCC(c3nnc(CN4CCCC4)n3C)C2)cn1. The zero-order valence-corrected chi connectivity index (χ0v) is 16.3. The molecule has 0 spiro atoms. The first-order valence-electron chi connectivity index (χ1n) is 10.1. The van der Waals surface area contributed by atoms with Gasteiger partial charge in [-0.3, -0.25) is 14.4 Å². The molecule has 27 heavy (non-hydrogen) atoms. The molecule has 8 nitrogen and oxygen atoms in total. The fraction of sp³-hybridized carbons (Fsp3) is 0.684. The molecule has 0 aromatic carbocycles. The Morgan fingerprint density at radius 1 is 1.19 bits per heavy atom. The van der Waals surface area contributed by atoms with E-state index in [-0.39, 0.29) is 11.8 Å². The van der Waals surface area contributed by atoms with Crippen molar-refractivity contribution in [2.45, 2.75) is 51.6 Å². The molecular weight excluding hydrogens is 342 g/mol. The van der Waals surface area contributed by atoms with Crippen LogP contribution in [-0.2, 0) is 20.1 Å². The van der Waals surface area contributed by atoms with Gasteiger partial charge in [0.2, 0.25) is 0 Å². The minimum atomic E-state index is 0.0684. The molecule has 8 heteroatoms. The Bertz CT molecular complexity index is 790. The van der Waals surface area contributed by atoms with Crippen molar-refractivity contribution in [3.8, 4) is 0 Å². The van der Waals surface area contributed by atoms with Crippen LogP contribution in [0.15, 0.2) is 12.4 Å². The van der Waals surface area contributed by atoms with E-state index in [1.165, 1.54) is 12.8 Å². The molecular formula is C19H29N7O. The normalized spacial score (nSPS) is 21.1. The maximum absolute atomic E-state index is 12.8. The van der Waals surface area contributed by atoms with Crippen molar-refractivity contribution in [2.24, 2.45) is 7.05 Å². The molecule has 146 valence electrons. The Labute approximate surface area is 160 Å². The highest BCUT2D eigenvalue weighted by Gasteiger charge is 2.29. The minimum Gasteiger partial charge on any atom is -0.338 e. The van der Waals surface area contributed by atoms with Gasteiger partial charge in [0.25, 0.3) is 5.91 Å². The number of likely N-dealkylation sites (tertiary alicyclic amines) is 2. The van der Waals surface area contributed by atoms with Gasteiger partial charge in [-0.25, -0.2) is 0 Å². The zero-order valence-electron chi connectivity index (χ0n) is 16.3. The second kappa shape index (κ2) is 7.80. The van der Waals surface area contributed by atoms with E-state index in [0.29, 0.717) is 12.1 Å². The number of aryl methyl sites for hydroxylation is 1. The monoisotopic (exact) mass is 371 g/mol. The number of hydrogen-bond acceptors (Lipinski definition) is 5. The Balaban J connectivity index is 1.45. The molecule has 4 rings (SSSR count). The van der Waals surface area contributed by atoms with Gasteiger partial charge < -0.3 is 9.47 Å². The van der Waals surface area contributed by atoms with Crippen LogP contribution in [0, 0.1) is 0 Å². The first-order valence-corrected chi connectivity index (χ1v) is 10.1. The van der Waals surface area contributed by atoms with Gasteiger partial charge in [-0.1, -0.05) is 0 Å². The van der Waals surface area contributed by atoms with E-state index >= 15 is 0 Å². The highest BCUT2D eigenvalue weighted by molar-refractivity contribution is 5.93. The Morgan fingerprint density at radius 3 is 2.74 bits per heavy atom. The molecule has 0 radical (unpaired) electrons. The van der Waals surface area contributed by atoms with Gasteiger partial charge in [0.15, 0.2) is 0 Å². The van der Waals surface area contributed by atoms with Crippen LogP contribution >= 0.6 is 0 Å². The topological polar surface area (TPSA) is 72.1 Å². The van der Waals surface area contributed by atoms with Crippen LogP contribution < -0.4 is 0 Å². The molecule has 2 aliphatic heterocycles. The lowest BCUT2D eigenvalue weighted by Crippen LogP contribution is -2.39. The van der Waals surface area contributed by atoms with Crippen LogP contribution in [0.25, 0.3) is 0 Å². The van der Waals surface area contributed by atoms with Crippen molar-refractivity contribution >= 4 is 5.91 Å². The van der Waals surface area contributed by atoms with Crippen molar-refractivity contribution < 1.29 is 4.79 Å². The minimum absolute atomic E-state index is 0.0684. The van der Waals surface area contributed by atoms with Gasteiger partial charge >= 0.3 is 0 Å².